The van der Waals surface area contributed by atoms with E-state index in [0.29, 0.717) is 0 Å². The number of hydrogen-bond acceptors (Lipinski definition) is 1. The van der Waals surface area contributed by atoms with Gasteiger partial charge < -0.3 is 0 Å². The Morgan fingerprint density at radius 3 is 2.33 bits per heavy atom. The number of thioether (sulfide) groups is 1. The maximum atomic E-state index is 3.86. The van der Waals surface area contributed by atoms with Crippen LogP contribution in [0.4, 0.5) is 0 Å². The molecule has 0 aliphatic rings. The van der Waals surface area contributed by atoms with Gasteiger partial charge in [-0.3, -0.25) is 0 Å². The Labute approximate surface area is 98.8 Å². The summed E-state index contributed by atoms with van der Waals surface area (Å²) in [6.07, 6.45) is 3.17. The summed E-state index contributed by atoms with van der Waals surface area (Å²) in [6.45, 7) is 11.1. The molecule has 0 fully saturated rings. The van der Waals surface area contributed by atoms with E-state index >= 15 is 0 Å². The second-order valence-corrected chi connectivity index (χ2v) is 11.9. The van der Waals surface area contributed by atoms with E-state index in [1.807, 2.05) is 11.8 Å². The molecule has 0 nitrogen and oxygen atoms in total. The van der Waals surface area contributed by atoms with Crippen LogP contribution in [0, 0.1) is 0 Å². The molecule has 0 spiro atoms. The van der Waals surface area contributed by atoms with Crippen molar-refractivity contribution >= 4 is 19.8 Å². The van der Waals surface area contributed by atoms with Crippen molar-refractivity contribution in [1.82, 2.24) is 0 Å². The van der Waals surface area contributed by atoms with E-state index in [2.05, 4.69) is 62.6 Å². The molecule has 0 aliphatic heterocycles. The third kappa shape index (κ3) is 4.27. The second kappa shape index (κ2) is 5.57. The van der Waals surface area contributed by atoms with Gasteiger partial charge >= 0.3 is 0 Å². The minimum atomic E-state index is -1.10. The summed E-state index contributed by atoms with van der Waals surface area (Å²) in [5, 5.41) is 0. The van der Waals surface area contributed by atoms with Crippen LogP contribution in [0.5, 0.6) is 0 Å². The van der Waals surface area contributed by atoms with Gasteiger partial charge in [0.25, 0.3) is 0 Å². The maximum Gasteiger partial charge on any atom is 0.0595 e. The molecule has 1 rings (SSSR count). The second-order valence-electron chi connectivity index (χ2n) is 4.81. The zero-order valence-electron chi connectivity index (χ0n) is 9.86. The number of hydrogen-bond donors (Lipinski definition) is 0. The minimum Gasteiger partial charge on any atom is -0.126 e. The van der Waals surface area contributed by atoms with Gasteiger partial charge in [0.15, 0.2) is 0 Å². The summed E-state index contributed by atoms with van der Waals surface area (Å²) >= 11 is 2.01. The molecule has 82 valence electrons. The quantitative estimate of drug-likeness (QED) is 0.409. The molecular weight excluding hydrogens is 216 g/mol. The Balaban J connectivity index is 2.71. The van der Waals surface area contributed by atoms with Gasteiger partial charge in [-0.05, 0) is 18.6 Å². The summed E-state index contributed by atoms with van der Waals surface area (Å²) < 4.78 is 0. The maximum absolute atomic E-state index is 3.86. The third-order valence-corrected chi connectivity index (χ3v) is 8.03. The minimum absolute atomic E-state index is 0.734. The Morgan fingerprint density at radius 2 is 1.87 bits per heavy atom. The summed E-state index contributed by atoms with van der Waals surface area (Å²) in [6, 6.07) is 10.7. The van der Waals surface area contributed by atoms with Gasteiger partial charge in [-0.15, -0.1) is 18.3 Å². The number of rotatable bonds is 5. The fourth-order valence-electron chi connectivity index (χ4n) is 1.39. The fourth-order valence-corrected chi connectivity index (χ4v) is 4.96. The highest BCUT2D eigenvalue weighted by Gasteiger charge is 2.26. The van der Waals surface area contributed by atoms with Gasteiger partial charge in [-0.25, -0.2) is 0 Å². The first-order chi connectivity index (χ1) is 7.04. The van der Waals surface area contributed by atoms with Crippen molar-refractivity contribution in [2.75, 3.05) is 0 Å². The van der Waals surface area contributed by atoms with E-state index in [-0.39, 0.29) is 0 Å². The van der Waals surface area contributed by atoms with Crippen LogP contribution >= 0.6 is 11.8 Å². The lowest BCUT2D eigenvalue weighted by Gasteiger charge is -2.27. The normalized spacial score (nSPS) is 13.5. The lowest BCUT2D eigenvalue weighted by atomic mass is 10.4. The molecule has 15 heavy (non-hydrogen) atoms. The predicted molar refractivity (Wildman–Crippen MR) is 74.2 cm³/mol. The van der Waals surface area contributed by atoms with Crippen LogP contribution in [0.1, 0.15) is 6.42 Å². The van der Waals surface area contributed by atoms with E-state index in [4.69, 9.17) is 0 Å². The number of allylic oxidation sites excluding steroid dienone is 1. The smallest absolute Gasteiger partial charge is 0.0595 e. The molecule has 0 saturated heterocycles. The van der Waals surface area contributed by atoms with Crippen LogP contribution < -0.4 is 0 Å². The van der Waals surface area contributed by atoms with Crippen molar-refractivity contribution in [1.29, 1.82) is 0 Å². The Morgan fingerprint density at radius 1 is 1.27 bits per heavy atom. The van der Waals surface area contributed by atoms with Crippen molar-refractivity contribution in [2.24, 2.45) is 0 Å². The summed E-state index contributed by atoms with van der Waals surface area (Å²) in [5.74, 6) is 0. The summed E-state index contributed by atoms with van der Waals surface area (Å²) in [4.78, 5) is 2.11. The van der Waals surface area contributed by atoms with Gasteiger partial charge in [0, 0.05) is 9.77 Å². The van der Waals surface area contributed by atoms with Gasteiger partial charge in [0.1, 0.15) is 0 Å². The monoisotopic (exact) mass is 236 g/mol. The molecule has 0 heterocycles. The highest BCUT2D eigenvalue weighted by Crippen LogP contribution is 2.31. The van der Waals surface area contributed by atoms with Crippen LogP contribution in [0.15, 0.2) is 47.9 Å². The molecule has 1 atom stereocenters. The SMILES string of the molecule is C=CCC(Sc1ccccc1)[Si](C)(C)C. The van der Waals surface area contributed by atoms with Gasteiger partial charge in [-0.2, -0.15) is 0 Å². The van der Waals surface area contributed by atoms with Gasteiger partial charge in [-0.1, -0.05) is 43.9 Å². The van der Waals surface area contributed by atoms with E-state index < -0.39 is 8.07 Å². The van der Waals surface area contributed by atoms with Crippen LogP contribution in [0.2, 0.25) is 19.6 Å². The van der Waals surface area contributed by atoms with Crippen molar-refractivity contribution < 1.29 is 0 Å². The molecule has 1 aromatic rings. The first-order valence-corrected chi connectivity index (χ1v) is 9.82. The largest absolute Gasteiger partial charge is 0.126 e. The summed E-state index contributed by atoms with van der Waals surface area (Å²) in [7, 11) is -1.10. The molecule has 0 saturated carbocycles. The zero-order chi connectivity index (χ0) is 11.3. The zero-order valence-corrected chi connectivity index (χ0v) is 11.7. The molecule has 1 unspecified atom stereocenters. The lowest BCUT2D eigenvalue weighted by Crippen LogP contribution is -2.35. The average molecular weight is 236 g/mol. The van der Waals surface area contributed by atoms with Crippen molar-refractivity contribution in [2.45, 2.75) is 35.8 Å². The van der Waals surface area contributed by atoms with E-state index in [1.165, 1.54) is 4.90 Å². The third-order valence-electron chi connectivity index (χ3n) is 2.37. The van der Waals surface area contributed by atoms with E-state index in [0.717, 1.165) is 11.3 Å². The predicted octanol–water partition coefficient (Wildman–Crippen LogP) is 4.60. The molecule has 0 N–H and O–H groups in total. The molecule has 2 heteroatoms. The van der Waals surface area contributed by atoms with Crippen LogP contribution in [0.25, 0.3) is 0 Å². The Bertz CT molecular complexity index is 300. The summed E-state index contributed by atoms with van der Waals surface area (Å²) in [5.41, 5.74) is 0. The Hall–Kier alpha value is -0.473. The molecule has 1 aromatic carbocycles. The molecule has 0 amide bonds. The van der Waals surface area contributed by atoms with Crippen LogP contribution in [-0.4, -0.2) is 12.9 Å². The van der Waals surface area contributed by atoms with E-state index in [1.54, 1.807) is 0 Å². The molecule has 0 bridgehead atoms. The van der Waals surface area contributed by atoms with E-state index in [9.17, 15) is 0 Å². The molecular formula is C13H20SSi. The van der Waals surface area contributed by atoms with Crippen molar-refractivity contribution in [3.05, 3.63) is 43.0 Å². The average Bonchev–Trinajstić information content (AvgIpc) is 2.17. The first kappa shape index (κ1) is 12.6. The highest BCUT2D eigenvalue weighted by molar-refractivity contribution is 8.01. The Kier molecular flexibility index (Phi) is 4.67. The lowest BCUT2D eigenvalue weighted by molar-refractivity contribution is 1.11. The molecule has 0 radical (unpaired) electrons. The first-order valence-electron chi connectivity index (χ1n) is 5.36. The van der Waals surface area contributed by atoms with Crippen LogP contribution in [0.3, 0.4) is 0 Å². The number of benzene rings is 1. The fraction of sp³-hybridized carbons (Fsp3) is 0.385. The van der Waals surface area contributed by atoms with Gasteiger partial charge in [0.05, 0.1) is 8.07 Å². The van der Waals surface area contributed by atoms with Crippen LogP contribution in [-0.2, 0) is 0 Å². The topological polar surface area (TPSA) is 0 Å². The highest BCUT2D eigenvalue weighted by atomic mass is 32.2. The standard InChI is InChI=1S/C13H20SSi/c1-5-9-13(15(2,3)4)14-12-10-7-6-8-11-12/h5-8,10-11,13H,1,9H2,2-4H3. The molecule has 0 aromatic heterocycles. The molecule has 0 aliphatic carbocycles. The van der Waals surface area contributed by atoms with Crippen molar-refractivity contribution in [3.8, 4) is 0 Å². The van der Waals surface area contributed by atoms with Gasteiger partial charge in [0.2, 0.25) is 0 Å². The van der Waals surface area contributed by atoms with Crippen molar-refractivity contribution in [3.63, 3.8) is 0 Å².